The van der Waals surface area contributed by atoms with E-state index in [4.69, 9.17) is 14.1 Å². The maximum atomic E-state index is 13.2. The van der Waals surface area contributed by atoms with Crippen molar-refractivity contribution >= 4 is 17.2 Å². The summed E-state index contributed by atoms with van der Waals surface area (Å²) in [5, 5.41) is 2.96. The fraction of sp³-hybridized carbons (Fsp3) is 0.280. The number of amides is 1. The predicted molar refractivity (Wildman–Crippen MR) is 127 cm³/mol. The topological polar surface area (TPSA) is 60.5 Å². The second-order valence-electron chi connectivity index (χ2n) is 7.44. The van der Waals surface area contributed by atoms with Gasteiger partial charge in [-0.1, -0.05) is 0 Å². The lowest BCUT2D eigenvalue weighted by molar-refractivity contribution is 0.0772. The second-order valence-corrected chi connectivity index (χ2v) is 8.30. The van der Waals surface area contributed by atoms with Crippen LogP contribution < -0.4 is 4.74 Å². The molecule has 0 saturated carbocycles. The first-order chi connectivity index (χ1) is 15.5. The van der Waals surface area contributed by atoms with Crippen molar-refractivity contribution < 1.29 is 13.9 Å². The number of carbonyl (C=O) groups is 1. The molecule has 3 heterocycles. The molecule has 1 amide bonds. The minimum Gasteiger partial charge on any atom is -0.497 e. The van der Waals surface area contributed by atoms with Gasteiger partial charge in [-0.05, 0) is 63.2 Å². The van der Waals surface area contributed by atoms with E-state index in [9.17, 15) is 4.79 Å². The van der Waals surface area contributed by atoms with Crippen LogP contribution in [0.5, 0.6) is 5.75 Å². The van der Waals surface area contributed by atoms with Gasteiger partial charge in [0.2, 0.25) is 0 Å². The molecular weight excluding hydrogens is 422 g/mol. The van der Waals surface area contributed by atoms with Crippen molar-refractivity contribution in [1.82, 2.24) is 14.5 Å². The zero-order valence-electron chi connectivity index (χ0n) is 18.8. The van der Waals surface area contributed by atoms with Crippen LogP contribution in [0.25, 0.3) is 22.0 Å². The van der Waals surface area contributed by atoms with Gasteiger partial charge in [0.05, 0.1) is 36.9 Å². The smallest absolute Gasteiger partial charge is 0.255 e. The molecule has 0 aliphatic carbocycles. The van der Waals surface area contributed by atoms with Gasteiger partial charge in [-0.3, -0.25) is 4.79 Å². The molecule has 0 atom stereocenters. The molecule has 1 aromatic carbocycles. The lowest BCUT2D eigenvalue weighted by Crippen LogP contribution is -2.30. The molecule has 32 heavy (non-hydrogen) atoms. The van der Waals surface area contributed by atoms with E-state index >= 15 is 0 Å². The highest BCUT2D eigenvalue weighted by Crippen LogP contribution is 2.33. The summed E-state index contributed by atoms with van der Waals surface area (Å²) in [5.74, 6) is 1.68. The maximum Gasteiger partial charge on any atom is 0.255 e. The van der Waals surface area contributed by atoms with Crippen LogP contribution in [-0.2, 0) is 6.54 Å². The zero-order valence-corrected chi connectivity index (χ0v) is 19.6. The number of nitrogens with zero attached hydrogens (tertiary/aromatic N) is 3. The zero-order chi connectivity index (χ0) is 22.7. The second kappa shape index (κ2) is 9.44. The first-order valence-corrected chi connectivity index (χ1v) is 11.6. The monoisotopic (exact) mass is 449 g/mol. The van der Waals surface area contributed by atoms with E-state index in [0.29, 0.717) is 25.2 Å². The van der Waals surface area contributed by atoms with Crippen molar-refractivity contribution in [3.8, 4) is 27.7 Å². The Labute approximate surface area is 192 Å². The van der Waals surface area contributed by atoms with E-state index in [1.54, 1.807) is 24.7 Å². The third-order valence-corrected chi connectivity index (χ3v) is 6.54. The average Bonchev–Trinajstić information content (AvgIpc) is 3.57. The summed E-state index contributed by atoms with van der Waals surface area (Å²) in [4.78, 5) is 19.9. The van der Waals surface area contributed by atoms with Crippen LogP contribution in [0.3, 0.4) is 0 Å². The summed E-state index contributed by atoms with van der Waals surface area (Å²) in [6, 6.07) is 13.7. The SMILES string of the molecule is CCN(CC)C(=O)c1cc(-c2csc(-c3ccc(OC)cc3)n2)n(Cc2ccco2)c1C. The van der Waals surface area contributed by atoms with Crippen LogP contribution in [0.15, 0.2) is 58.5 Å². The van der Waals surface area contributed by atoms with Gasteiger partial charge in [0, 0.05) is 29.7 Å². The Kier molecular flexibility index (Phi) is 6.46. The van der Waals surface area contributed by atoms with Gasteiger partial charge < -0.3 is 18.6 Å². The summed E-state index contributed by atoms with van der Waals surface area (Å²) in [7, 11) is 1.66. The lowest BCUT2D eigenvalue weighted by atomic mass is 10.2. The molecule has 6 nitrogen and oxygen atoms in total. The molecule has 166 valence electrons. The van der Waals surface area contributed by atoms with Gasteiger partial charge in [-0.15, -0.1) is 11.3 Å². The van der Waals surface area contributed by atoms with Crippen molar-refractivity contribution in [3.63, 3.8) is 0 Å². The summed E-state index contributed by atoms with van der Waals surface area (Å²) >= 11 is 1.58. The van der Waals surface area contributed by atoms with Crippen LogP contribution >= 0.6 is 11.3 Å². The number of furan rings is 1. The summed E-state index contributed by atoms with van der Waals surface area (Å²) in [6.45, 7) is 7.87. The lowest BCUT2D eigenvalue weighted by Gasteiger charge is -2.18. The number of aromatic nitrogens is 2. The van der Waals surface area contributed by atoms with Crippen molar-refractivity contribution in [3.05, 3.63) is 71.1 Å². The molecule has 3 aromatic heterocycles. The van der Waals surface area contributed by atoms with Gasteiger partial charge in [0.1, 0.15) is 16.5 Å². The molecule has 0 N–H and O–H groups in total. The Morgan fingerprint density at radius 2 is 1.94 bits per heavy atom. The van der Waals surface area contributed by atoms with E-state index in [0.717, 1.165) is 39.2 Å². The highest BCUT2D eigenvalue weighted by atomic mass is 32.1. The van der Waals surface area contributed by atoms with Gasteiger partial charge in [0.15, 0.2) is 0 Å². The molecule has 0 bridgehead atoms. The maximum absolute atomic E-state index is 13.2. The van der Waals surface area contributed by atoms with Crippen molar-refractivity contribution in [2.75, 3.05) is 20.2 Å². The number of carbonyl (C=O) groups excluding carboxylic acids is 1. The normalized spacial score (nSPS) is 11.0. The molecule has 7 heteroatoms. The third-order valence-electron chi connectivity index (χ3n) is 5.65. The molecule has 4 rings (SSSR count). The highest BCUT2D eigenvalue weighted by Gasteiger charge is 2.23. The van der Waals surface area contributed by atoms with Crippen LogP contribution in [0.2, 0.25) is 0 Å². The summed E-state index contributed by atoms with van der Waals surface area (Å²) in [6.07, 6.45) is 1.67. The molecule has 0 unspecified atom stereocenters. The first kappa shape index (κ1) is 21.9. The van der Waals surface area contributed by atoms with Crippen molar-refractivity contribution in [1.29, 1.82) is 0 Å². The standard InChI is InChI=1S/C25H27N3O3S/c1-5-27(6-2)25(29)21-14-23(28(17(21)3)15-20-8-7-13-31-20)22-16-32-24(26-22)18-9-11-19(30-4)12-10-18/h7-14,16H,5-6,15H2,1-4H3. The minimum absolute atomic E-state index is 0.0394. The largest absolute Gasteiger partial charge is 0.497 e. The quantitative estimate of drug-likeness (QED) is 0.345. The Bertz CT molecular complexity index is 1190. The van der Waals surface area contributed by atoms with Gasteiger partial charge in [-0.2, -0.15) is 0 Å². The molecule has 0 saturated heterocycles. The van der Waals surface area contributed by atoms with E-state index in [-0.39, 0.29) is 5.91 Å². The van der Waals surface area contributed by atoms with E-state index in [2.05, 4.69) is 4.57 Å². The molecule has 0 aliphatic rings. The molecular formula is C25H27N3O3S. The number of benzene rings is 1. The fourth-order valence-electron chi connectivity index (χ4n) is 3.77. The van der Waals surface area contributed by atoms with Crippen molar-refractivity contribution in [2.45, 2.75) is 27.3 Å². The Morgan fingerprint density at radius 3 is 2.56 bits per heavy atom. The fourth-order valence-corrected chi connectivity index (χ4v) is 4.59. The molecule has 0 fully saturated rings. The summed E-state index contributed by atoms with van der Waals surface area (Å²) < 4.78 is 13.0. The Morgan fingerprint density at radius 1 is 1.19 bits per heavy atom. The number of rotatable bonds is 8. The third kappa shape index (κ3) is 4.21. The van der Waals surface area contributed by atoms with Gasteiger partial charge >= 0.3 is 0 Å². The van der Waals surface area contributed by atoms with Crippen LogP contribution in [0.4, 0.5) is 0 Å². The van der Waals surface area contributed by atoms with E-state index in [1.807, 2.05) is 73.5 Å². The number of methoxy groups -OCH3 is 1. The minimum atomic E-state index is 0.0394. The number of thiazole rings is 1. The van der Waals surface area contributed by atoms with E-state index < -0.39 is 0 Å². The summed E-state index contributed by atoms with van der Waals surface area (Å²) in [5.41, 5.74) is 4.39. The average molecular weight is 450 g/mol. The Hall–Kier alpha value is -3.32. The molecule has 0 aliphatic heterocycles. The number of hydrogen-bond donors (Lipinski definition) is 0. The van der Waals surface area contributed by atoms with Gasteiger partial charge in [-0.25, -0.2) is 4.98 Å². The first-order valence-electron chi connectivity index (χ1n) is 10.7. The van der Waals surface area contributed by atoms with Crippen LogP contribution in [0.1, 0.15) is 35.7 Å². The van der Waals surface area contributed by atoms with Gasteiger partial charge in [0.25, 0.3) is 5.91 Å². The van der Waals surface area contributed by atoms with Crippen molar-refractivity contribution in [2.24, 2.45) is 0 Å². The van der Waals surface area contributed by atoms with Crippen LogP contribution in [0, 0.1) is 6.92 Å². The number of hydrogen-bond acceptors (Lipinski definition) is 5. The highest BCUT2D eigenvalue weighted by molar-refractivity contribution is 7.13. The van der Waals surface area contributed by atoms with E-state index in [1.165, 1.54) is 0 Å². The molecule has 0 radical (unpaired) electrons. The molecule has 4 aromatic rings. The van der Waals surface area contributed by atoms with Crippen LogP contribution in [-0.4, -0.2) is 40.6 Å². The molecule has 0 spiro atoms. The number of ether oxygens (including phenoxy) is 1. The Balaban J connectivity index is 1.76. The predicted octanol–water partition coefficient (Wildman–Crippen LogP) is 5.72.